The molecule has 2 heterocycles. The minimum atomic E-state index is -0.542. The number of amides is 3. The van der Waals surface area contributed by atoms with Crippen LogP contribution in [-0.2, 0) is 16.1 Å². The minimum absolute atomic E-state index is 0.0890. The van der Waals surface area contributed by atoms with Crippen LogP contribution in [0.5, 0.6) is 0 Å². The van der Waals surface area contributed by atoms with Crippen molar-refractivity contribution < 1.29 is 14.4 Å². The number of nitrogens with one attached hydrogen (secondary N) is 1. The summed E-state index contributed by atoms with van der Waals surface area (Å²) in [7, 11) is 0. The van der Waals surface area contributed by atoms with Gasteiger partial charge in [-0.15, -0.1) is 11.8 Å². The Hall–Kier alpha value is -1.82. The van der Waals surface area contributed by atoms with Gasteiger partial charge in [0.15, 0.2) is 0 Å². The molecule has 0 spiro atoms. The molecule has 31 heavy (non-hydrogen) atoms. The molecule has 1 atom stereocenters. The van der Waals surface area contributed by atoms with Crippen LogP contribution >= 0.6 is 11.8 Å². The van der Waals surface area contributed by atoms with Gasteiger partial charge in [0.1, 0.15) is 6.04 Å². The number of carbonyl (C=O) groups is 3. The summed E-state index contributed by atoms with van der Waals surface area (Å²) >= 11 is 1.83. The van der Waals surface area contributed by atoms with Crippen LogP contribution in [0.15, 0.2) is 23.1 Å². The van der Waals surface area contributed by atoms with Crippen molar-refractivity contribution >= 4 is 29.5 Å². The largest absolute Gasteiger partial charge is 0.322 e. The lowest BCUT2D eigenvalue weighted by molar-refractivity contribution is -0.136. The van der Waals surface area contributed by atoms with E-state index in [1.54, 1.807) is 4.90 Å². The first kappa shape index (κ1) is 22.4. The fourth-order valence-corrected chi connectivity index (χ4v) is 5.99. The Labute approximate surface area is 189 Å². The second-order valence-corrected chi connectivity index (χ2v) is 10.4. The number of benzene rings is 1. The molecule has 2 aliphatic heterocycles. The van der Waals surface area contributed by atoms with E-state index in [-0.39, 0.29) is 17.7 Å². The summed E-state index contributed by atoms with van der Waals surface area (Å²) in [5, 5.41) is 2.37. The highest BCUT2D eigenvalue weighted by atomic mass is 32.2. The van der Waals surface area contributed by atoms with Gasteiger partial charge in [-0.05, 0) is 42.2 Å². The van der Waals surface area contributed by atoms with E-state index in [1.807, 2.05) is 23.9 Å². The number of rotatable bonds is 11. The van der Waals surface area contributed by atoms with Gasteiger partial charge in [0.05, 0.1) is 0 Å². The number of hydrogen-bond donors (Lipinski definition) is 1. The molecule has 1 saturated carbocycles. The van der Waals surface area contributed by atoms with E-state index in [2.05, 4.69) is 11.4 Å². The molecule has 3 amide bonds. The maximum Gasteiger partial charge on any atom is 0.255 e. The Morgan fingerprint density at radius 2 is 1.74 bits per heavy atom. The Morgan fingerprint density at radius 3 is 2.48 bits per heavy atom. The predicted octanol–water partition coefficient (Wildman–Crippen LogP) is 5.07. The molecule has 168 valence electrons. The van der Waals surface area contributed by atoms with Gasteiger partial charge < -0.3 is 4.90 Å². The van der Waals surface area contributed by atoms with Crippen LogP contribution in [0, 0.1) is 5.92 Å². The zero-order valence-electron chi connectivity index (χ0n) is 18.4. The van der Waals surface area contributed by atoms with Crippen LogP contribution < -0.4 is 5.32 Å². The topological polar surface area (TPSA) is 66.5 Å². The standard InChI is InChI=1S/C25H34N2O3S/c28-23-15-14-21(24(29)26-23)27-17-20-19(25(27)30)12-8-13-22(20)31-16-6-4-2-1-3-5-9-18-10-7-11-18/h8,12-13,18,21H,1-7,9-11,14-17H2,(H,26,28,29). The molecule has 1 saturated heterocycles. The molecule has 1 unspecified atom stereocenters. The van der Waals surface area contributed by atoms with E-state index in [9.17, 15) is 14.4 Å². The molecule has 5 nitrogen and oxygen atoms in total. The summed E-state index contributed by atoms with van der Waals surface area (Å²) in [6.45, 7) is 0.463. The first-order chi connectivity index (χ1) is 15.1. The van der Waals surface area contributed by atoms with Gasteiger partial charge in [0.2, 0.25) is 11.8 Å². The number of piperidine rings is 1. The van der Waals surface area contributed by atoms with Crippen molar-refractivity contribution in [2.45, 2.75) is 94.5 Å². The molecule has 2 fully saturated rings. The number of thioether (sulfide) groups is 1. The number of fused-ring (bicyclic) bond motifs is 1. The van der Waals surface area contributed by atoms with Crippen molar-refractivity contribution in [3.05, 3.63) is 29.3 Å². The first-order valence-corrected chi connectivity index (χ1v) is 13.0. The van der Waals surface area contributed by atoms with E-state index in [4.69, 9.17) is 0 Å². The number of nitrogens with zero attached hydrogens (tertiary/aromatic N) is 1. The van der Waals surface area contributed by atoms with E-state index in [0.29, 0.717) is 24.9 Å². The normalized spacial score (nSPS) is 21.2. The van der Waals surface area contributed by atoms with Crippen LogP contribution in [-0.4, -0.2) is 34.4 Å². The zero-order chi connectivity index (χ0) is 21.6. The number of hydrogen-bond acceptors (Lipinski definition) is 4. The molecule has 0 bridgehead atoms. The molecule has 0 radical (unpaired) electrons. The summed E-state index contributed by atoms with van der Waals surface area (Å²) in [6, 6.07) is 5.34. The molecule has 1 aliphatic carbocycles. The van der Waals surface area contributed by atoms with Crippen LogP contribution in [0.4, 0.5) is 0 Å². The van der Waals surface area contributed by atoms with Crippen molar-refractivity contribution in [3.8, 4) is 0 Å². The molecule has 6 heteroatoms. The quantitative estimate of drug-likeness (QED) is 0.295. The molecule has 0 aromatic heterocycles. The first-order valence-electron chi connectivity index (χ1n) is 12.0. The van der Waals surface area contributed by atoms with Crippen LogP contribution in [0.25, 0.3) is 0 Å². The van der Waals surface area contributed by atoms with Crippen molar-refractivity contribution in [3.63, 3.8) is 0 Å². The fourth-order valence-electron chi connectivity index (χ4n) is 4.90. The molecular formula is C25H34N2O3S. The summed E-state index contributed by atoms with van der Waals surface area (Å²) in [4.78, 5) is 39.4. The minimum Gasteiger partial charge on any atom is -0.322 e. The van der Waals surface area contributed by atoms with Crippen LogP contribution in [0.2, 0.25) is 0 Å². The lowest BCUT2D eigenvalue weighted by Gasteiger charge is -2.29. The Bertz CT molecular complexity index is 821. The third-order valence-electron chi connectivity index (χ3n) is 7.03. The van der Waals surface area contributed by atoms with Gasteiger partial charge in [-0.3, -0.25) is 19.7 Å². The molecule has 1 aromatic rings. The van der Waals surface area contributed by atoms with E-state index in [0.717, 1.165) is 22.1 Å². The van der Waals surface area contributed by atoms with E-state index < -0.39 is 6.04 Å². The number of unbranched alkanes of at least 4 members (excludes halogenated alkanes) is 5. The number of imide groups is 1. The van der Waals surface area contributed by atoms with Crippen molar-refractivity contribution in [1.29, 1.82) is 0 Å². The van der Waals surface area contributed by atoms with Gasteiger partial charge in [0, 0.05) is 23.4 Å². The average molecular weight is 443 g/mol. The lowest BCUT2D eigenvalue weighted by atomic mass is 9.81. The Balaban J connectivity index is 1.19. The van der Waals surface area contributed by atoms with Gasteiger partial charge in [-0.25, -0.2) is 0 Å². The van der Waals surface area contributed by atoms with Crippen LogP contribution in [0.3, 0.4) is 0 Å². The number of carbonyl (C=O) groups excluding carboxylic acids is 3. The molecule has 1 aromatic carbocycles. The maximum absolute atomic E-state index is 12.9. The van der Waals surface area contributed by atoms with Gasteiger partial charge in [-0.2, -0.15) is 0 Å². The highest BCUT2D eigenvalue weighted by Gasteiger charge is 2.39. The maximum atomic E-state index is 12.9. The average Bonchev–Trinajstić information content (AvgIpc) is 3.05. The van der Waals surface area contributed by atoms with Gasteiger partial charge in [-0.1, -0.05) is 63.9 Å². The van der Waals surface area contributed by atoms with Crippen LogP contribution in [0.1, 0.15) is 93.0 Å². The summed E-state index contributed by atoms with van der Waals surface area (Å²) in [5.41, 5.74) is 1.75. The molecule has 4 rings (SSSR count). The smallest absolute Gasteiger partial charge is 0.255 e. The highest BCUT2D eigenvalue weighted by molar-refractivity contribution is 7.99. The van der Waals surface area contributed by atoms with Gasteiger partial charge >= 0.3 is 0 Å². The zero-order valence-corrected chi connectivity index (χ0v) is 19.2. The molecule has 3 aliphatic rings. The van der Waals surface area contributed by atoms with Gasteiger partial charge in [0.25, 0.3) is 5.91 Å². The summed E-state index contributed by atoms with van der Waals surface area (Å²) in [6.07, 6.45) is 14.5. The Kier molecular flexibility index (Phi) is 7.70. The van der Waals surface area contributed by atoms with Crippen molar-refractivity contribution in [2.24, 2.45) is 5.92 Å². The summed E-state index contributed by atoms with van der Waals surface area (Å²) in [5.74, 6) is 1.42. The third-order valence-corrected chi connectivity index (χ3v) is 8.21. The lowest BCUT2D eigenvalue weighted by Crippen LogP contribution is -2.52. The summed E-state index contributed by atoms with van der Waals surface area (Å²) < 4.78 is 0. The monoisotopic (exact) mass is 442 g/mol. The predicted molar refractivity (Wildman–Crippen MR) is 123 cm³/mol. The Morgan fingerprint density at radius 1 is 0.968 bits per heavy atom. The SMILES string of the molecule is O=C1CCC(N2Cc3c(SCCCCCCCCC4CCC4)cccc3C2=O)C(=O)N1. The molecule has 1 N–H and O–H groups in total. The van der Waals surface area contributed by atoms with E-state index in [1.165, 1.54) is 64.2 Å². The van der Waals surface area contributed by atoms with Crippen molar-refractivity contribution in [2.75, 3.05) is 5.75 Å². The van der Waals surface area contributed by atoms with E-state index >= 15 is 0 Å². The molecular weight excluding hydrogens is 408 g/mol. The third kappa shape index (κ3) is 5.51. The van der Waals surface area contributed by atoms with Crippen molar-refractivity contribution in [1.82, 2.24) is 10.2 Å². The fraction of sp³-hybridized carbons (Fsp3) is 0.640. The second-order valence-electron chi connectivity index (χ2n) is 9.24. The highest BCUT2D eigenvalue weighted by Crippen LogP contribution is 2.35. The second kappa shape index (κ2) is 10.7.